The monoisotopic (exact) mass is 245 g/mol. The van der Waals surface area contributed by atoms with Gasteiger partial charge in [-0.3, -0.25) is 14.4 Å². The molecule has 0 aliphatic carbocycles. The molecule has 3 N–H and O–H groups in total. The van der Waals surface area contributed by atoms with Crippen LogP contribution in [0.2, 0.25) is 0 Å². The minimum Gasteiger partial charge on any atom is -0.342 e. The molecule has 80 valence electrons. The molecule has 0 aromatic heterocycles. The standard InChI is InChI=1S/C7H7N3O3S2/c11-4-3(2-1-15-7(13)8-2)5(12)10-6(14)9-4/h2-3H,1H2,(H,8,13)(H2,9,10,11,12,14). The van der Waals surface area contributed by atoms with Crippen LogP contribution >= 0.6 is 24.0 Å². The molecule has 2 fully saturated rings. The summed E-state index contributed by atoms with van der Waals surface area (Å²) < 4.78 is 0. The van der Waals surface area contributed by atoms with Gasteiger partial charge in [-0.05, 0) is 12.2 Å². The van der Waals surface area contributed by atoms with E-state index in [1.807, 2.05) is 0 Å². The van der Waals surface area contributed by atoms with Crippen LogP contribution < -0.4 is 16.0 Å². The third-order valence-corrected chi connectivity index (χ3v) is 3.25. The van der Waals surface area contributed by atoms with E-state index < -0.39 is 23.8 Å². The molecule has 0 spiro atoms. The van der Waals surface area contributed by atoms with Crippen LogP contribution in [0.3, 0.4) is 0 Å². The number of carbonyl (C=O) groups excluding carboxylic acids is 3. The maximum absolute atomic E-state index is 11.5. The lowest BCUT2D eigenvalue weighted by Gasteiger charge is -2.25. The van der Waals surface area contributed by atoms with E-state index in [-0.39, 0.29) is 10.4 Å². The molecule has 0 radical (unpaired) electrons. The number of nitrogens with one attached hydrogen (secondary N) is 3. The Morgan fingerprint density at radius 3 is 2.27 bits per heavy atom. The number of thioether (sulfide) groups is 1. The largest absolute Gasteiger partial charge is 0.342 e. The van der Waals surface area contributed by atoms with Crippen molar-refractivity contribution in [3.8, 4) is 0 Å². The summed E-state index contributed by atoms with van der Waals surface area (Å²) in [4.78, 5) is 33.9. The van der Waals surface area contributed by atoms with Crippen LogP contribution in [0.5, 0.6) is 0 Å². The van der Waals surface area contributed by atoms with Crippen molar-refractivity contribution in [2.45, 2.75) is 6.04 Å². The Bertz CT molecular complexity index is 350. The summed E-state index contributed by atoms with van der Waals surface area (Å²) >= 11 is 5.72. The normalized spacial score (nSPS) is 27.3. The van der Waals surface area contributed by atoms with Gasteiger partial charge in [0.05, 0.1) is 6.04 Å². The molecule has 6 nitrogen and oxygen atoms in total. The molecule has 0 bridgehead atoms. The number of amides is 3. The van der Waals surface area contributed by atoms with E-state index in [1.54, 1.807) is 0 Å². The zero-order chi connectivity index (χ0) is 11.0. The topological polar surface area (TPSA) is 87.3 Å². The van der Waals surface area contributed by atoms with Crippen LogP contribution in [-0.2, 0) is 9.59 Å². The van der Waals surface area contributed by atoms with Crippen molar-refractivity contribution in [3.63, 3.8) is 0 Å². The number of hydrogen-bond acceptors (Lipinski definition) is 5. The molecule has 1 unspecified atom stereocenters. The molecule has 1 atom stereocenters. The Morgan fingerprint density at radius 2 is 1.80 bits per heavy atom. The van der Waals surface area contributed by atoms with E-state index in [2.05, 4.69) is 28.2 Å². The maximum Gasteiger partial charge on any atom is 0.279 e. The van der Waals surface area contributed by atoms with Gasteiger partial charge in [0.15, 0.2) is 5.11 Å². The zero-order valence-electron chi connectivity index (χ0n) is 7.40. The molecule has 2 aliphatic heterocycles. The quantitative estimate of drug-likeness (QED) is 0.406. The summed E-state index contributed by atoms with van der Waals surface area (Å²) in [5, 5.41) is 7.06. The minimum absolute atomic E-state index is 0.0122. The molecular formula is C7H7N3O3S2. The van der Waals surface area contributed by atoms with E-state index in [0.717, 1.165) is 11.8 Å². The van der Waals surface area contributed by atoms with Gasteiger partial charge in [-0.2, -0.15) is 0 Å². The van der Waals surface area contributed by atoms with Crippen molar-refractivity contribution in [3.05, 3.63) is 0 Å². The highest BCUT2D eigenvalue weighted by molar-refractivity contribution is 8.14. The van der Waals surface area contributed by atoms with Gasteiger partial charge in [0.1, 0.15) is 5.92 Å². The Labute approximate surface area is 94.5 Å². The van der Waals surface area contributed by atoms with Crippen LogP contribution in [-0.4, -0.2) is 34.0 Å². The smallest absolute Gasteiger partial charge is 0.279 e. The predicted molar refractivity (Wildman–Crippen MR) is 57.2 cm³/mol. The Morgan fingerprint density at radius 1 is 1.20 bits per heavy atom. The van der Waals surface area contributed by atoms with Crippen molar-refractivity contribution in [1.82, 2.24) is 16.0 Å². The van der Waals surface area contributed by atoms with E-state index in [1.165, 1.54) is 0 Å². The predicted octanol–water partition coefficient (Wildman–Crippen LogP) is -1.04. The fourth-order valence-electron chi connectivity index (χ4n) is 1.47. The molecule has 0 aromatic rings. The molecule has 2 saturated heterocycles. The van der Waals surface area contributed by atoms with Crippen molar-refractivity contribution in [1.29, 1.82) is 0 Å². The van der Waals surface area contributed by atoms with Gasteiger partial charge < -0.3 is 16.0 Å². The third-order valence-electron chi connectivity index (χ3n) is 2.14. The molecule has 2 rings (SSSR count). The highest BCUT2D eigenvalue weighted by Crippen LogP contribution is 2.20. The van der Waals surface area contributed by atoms with E-state index >= 15 is 0 Å². The number of hydrogen-bond donors (Lipinski definition) is 3. The van der Waals surface area contributed by atoms with Crippen LogP contribution in [0, 0.1) is 5.92 Å². The highest BCUT2D eigenvalue weighted by Gasteiger charge is 2.42. The zero-order valence-corrected chi connectivity index (χ0v) is 9.04. The van der Waals surface area contributed by atoms with Crippen molar-refractivity contribution >= 4 is 46.1 Å². The van der Waals surface area contributed by atoms with Gasteiger partial charge in [0, 0.05) is 5.75 Å². The first-order valence-corrected chi connectivity index (χ1v) is 5.56. The highest BCUT2D eigenvalue weighted by atomic mass is 32.2. The second-order valence-corrected chi connectivity index (χ2v) is 4.54. The Kier molecular flexibility index (Phi) is 2.61. The fourth-order valence-corrected chi connectivity index (χ4v) is 2.52. The molecule has 2 heterocycles. The average molecular weight is 245 g/mol. The van der Waals surface area contributed by atoms with Crippen LogP contribution in [0.4, 0.5) is 4.79 Å². The Hall–Kier alpha value is -1.15. The van der Waals surface area contributed by atoms with Gasteiger partial charge in [-0.25, -0.2) is 0 Å². The van der Waals surface area contributed by atoms with Crippen LogP contribution in [0.15, 0.2) is 0 Å². The summed E-state index contributed by atoms with van der Waals surface area (Å²) in [6, 6.07) is -0.453. The van der Waals surface area contributed by atoms with Gasteiger partial charge >= 0.3 is 0 Å². The molecule has 2 aliphatic rings. The average Bonchev–Trinajstić information content (AvgIpc) is 2.49. The fraction of sp³-hybridized carbons (Fsp3) is 0.429. The first kappa shape index (κ1) is 10.4. The van der Waals surface area contributed by atoms with Gasteiger partial charge in [0.2, 0.25) is 11.8 Å². The molecule has 3 amide bonds. The number of carbonyl (C=O) groups is 3. The maximum atomic E-state index is 11.5. The molecular weight excluding hydrogens is 238 g/mol. The molecule has 0 aromatic carbocycles. The second kappa shape index (κ2) is 3.78. The van der Waals surface area contributed by atoms with Crippen molar-refractivity contribution in [2.24, 2.45) is 5.92 Å². The first-order chi connectivity index (χ1) is 7.08. The number of rotatable bonds is 1. The lowest BCUT2D eigenvalue weighted by molar-refractivity contribution is -0.135. The van der Waals surface area contributed by atoms with Gasteiger partial charge in [-0.1, -0.05) is 11.8 Å². The molecule has 15 heavy (non-hydrogen) atoms. The number of thiocarbonyl (C=S) groups is 1. The molecule has 8 heteroatoms. The summed E-state index contributed by atoms with van der Waals surface area (Å²) in [5.74, 6) is -1.40. The lowest BCUT2D eigenvalue weighted by Crippen LogP contribution is -2.60. The Balaban J connectivity index is 2.14. The van der Waals surface area contributed by atoms with E-state index in [0.29, 0.717) is 5.75 Å². The summed E-state index contributed by atoms with van der Waals surface area (Å²) in [6.07, 6.45) is 0. The molecule has 0 saturated carbocycles. The lowest BCUT2D eigenvalue weighted by atomic mass is 9.98. The van der Waals surface area contributed by atoms with Gasteiger partial charge in [-0.15, -0.1) is 0 Å². The summed E-state index contributed by atoms with van der Waals surface area (Å²) in [5.41, 5.74) is 0. The van der Waals surface area contributed by atoms with Gasteiger partial charge in [0.25, 0.3) is 5.24 Å². The van der Waals surface area contributed by atoms with Crippen LogP contribution in [0.25, 0.3) is 0 Å². The summed E-state index contributed by atoms with van der Waals surface area (Å²) in [6.45, 7) is 0. The SMILES string of the molecule is O=C1NC(C2C(=O)NC(=S)NC2=O)CS1. The van der Waals surface area contributed by atoms with E-state index in [9.17, 15) is 14.4 Å². The van der Waals surface area contributed by atoms with Crippen LogP contribution in [0.1, 0.15) is 0 Å². The van der Waals surface area contributed by atoms with E-state index in [4.69, 9.17) is 0 Å². The first-order valence-electron chi connectivity index (χ1n) is 4.17. The summed E-state index contributed by atoms with van der Waals surface area (Å²) in [7, 11) is 0. The van der Waals surface area contributed by atoms with Crippen molar-refractivity contribution in [2.75, 3.05) is 5.75 Å². The van der Waals surface area contributed by atoms with Crippen molar-refractivity contribution < 1.29 is 14.4 Å². The second-order valence-electron chi connectivity index (χ2n) is 3.13. The minimum atomic E-state index is -0.893. The third kappa shape index (κ3) is 1.95.